The van der Waals surface area contributed by atoms with Crippen LogP contribution >= 0.6 is 0 Å². The van der Waals surface area contributed by atoms with Gasteiger partial charge < -0.3 is 19.7 Å². The van der Waals surface area contributed by atoms with Crippen molar-refractivity contribution >= 4 is 16.9 Å². The maximum absolute atomic E-state index is 10.9. The number of methoxy groups -OCH3 is 1. The molecular formula is C12H10O5. The monoisotopic (exact) mass is 234 g/mol. The molecule has 0 unspecified atom stereocenters. The smallest absolute Gasteiger partial charge is 0.508 e. The summed E-state index contributed by atoms with van der Waals surface area (Å²) in [5.41, 5.74) is 0. The van der Waals surface area contributed by atoms with Crippen molar-refractivity contribution in [3.63, 3.8) is 0 Å². The molecule has 5 heteroatoms. The fraction of sp³-hybridized carbons (Fsp3) is 0.0833. The highest BCUT2D eigenvalue weighted by Crippen LogP contribution is 2.33. The molecule has 0 fully saturated rings. The predicted molar refractivity (Wildman–Crippen MR) is 60.3 cm³/mol. The molecule has 0 heterocycles. The topological polar surface area (TPSA) is 76.0 Å². The Morgan fingerprint density at radius 3 is 2.59 bits per heavy atom. The Morgan fingerprint density at radius 2 is 1.88 bits per heavy atom. The Bertz CT molecular complexity index is 576. The van der Waals surface area contributed by atoms with E-state index in [9.17, 15) is 15.0 Å². The van der Waals surface area contributed by atoms with Crippen molar-refractivity contribution in [2.24, 2.45) is 0 Å². The second kappa shape index (κ2) is 4.21. The standard InChI is InChI=1S/C12H10O5/c1-16-12(15)17-11-6-8-4-9(13)3-2-7(8)5-10(11)14/h2-6,13-14H,1H3. The Morgan fingerprint density at radius 1 is 1.12 bits per heavy atom. The van der Waals surface area contributed by atoms with E-state index in [-0.39, 0.29) is 17.2 Å². The molecule has 0 saturated heterocycles. The van der Waals surface area contributed by atoms with Gasteiger partial charge in [-0.2, -0.15) is 0 Å². The molecule has 0 spiro atoms. The summed E-state index contributed by atoms with van der Waals surface area (Å²) in [5.74, 6) is -0.101. The molecule has 2 aromatic carbocycles. The summed E-state index contributed by atoms with van der Waals surface area (Å²) in [7, 11) is 1.17. The second-order valence-corrected chi connectivity index (χ2v) is 3.41. The van der Waals surface area contributed by atoms with Crippen LogP contribution in [0.5, 0.6) is 17.2 Å². The molecule has 0 aliphatic heterocycles. The van der Waals surface area contributed by atoms with Crippen molar-refractivity contribution in [1.82, 2.24) is 0 Å². The van der Waals surface area contributed by atoms with Crippen LogP contribution in [0, 0.1) is 0 Å². The minimum Gasteiger partial charge on any atom is -0.508 e. The predicted octanol–water partition coefficient (Wildman–Crippen LogP) is 2.40. The molecule has 2 aromatic rings. The summed E-state index contributed by atoms with van der Waals surface area (Å²) in [6, 6.07) is 7.53. The van der Waals surface area contributed by atoms with Gasteiger partial charge >= 0.3 is 6.16 Å². The molecule has 0 aromatic heterocycles. The van der Waals surface area contributed by atoms with Crippen molar-refractivity contribution in [3.8, 4) is 17.2 Å². The van der Waals surface area contributed by atoms with Gasteiger partial charge in [-0.05, 0) is 35.0 Å². The number of carbonyl (C=O) groups excluding carboxylic acids is 1. The van der Waals surface area contributed by atoms with Crippen LogP contribution in [0.25, 0.3) is 10.8 Å². The van der Waals surface area contributed by atoms with Gasteiger partial charge in [0, 0.05) is 0 Å². The van der Waals surface area contributed by atoms with E-state index in [2.05, 4.69) is 4.74 Å². The molecule has 0 aliphatic carbocycles. The first-order chi connectivity index (χ1) is 8.10. The van der Waals surface area contributed by atoms with Gasteiger partial charge in [0.1, 0.15) is 5.75 Å². The van der Waals surface area contributed by atoms with Crippen molar-refractivity contribution in [2.75, 3.05) is 7.11 Å². The summed E-state index contributed by atoms with van der Waals surface area (Å²) in [6.45, 7) is 0. The van der Waals surface area contributed by atoms with E-state index in [1.54, 1.807) is 6.07 Å². The van der Waals surface area contributed by atoms with E-state index in [0.29, 0.717) is 5.39 Å². The quantitative estimate of drug-likeness (QED) is 0.585. The number of carbonyl (C=O) groups is 1. The molecule has 0 bridgehead atoms. The first-order valence-electron chi connectivity index (χ1n) is 4.81. The number of hydrogen-bond acceptors (Lipinski definition) is 5. The maximum atomic E-state index is 10.9. The maximum Gasteiger partial charge on any atom is 0.513 e. The van der Waals surface area contributed by atoms with Gasteiger partial charge in [0.25, 0.3) is 0 Å². The lowest BCUT2D eigenvalue weighted by atomic mass is 10.1. The number of rotatable bonds is 1. The molecule has 0 radical (unpaired) electrons. The van der Waals surface area contributed by atoms with Crippen molar-refractivity contribution in [2.45, 2.75) is 0 Å². The van der Waals surface area contributed by atoms with Crippen LogP contribution in [0.3, 0.4) is 0 Å². The van der Waals surface area contributed by atoms with Gasteiger partial charge in [0.05, 0.1) is 7.11 Å². The lowest BCUT2D eigenvalue weighted by molar-refractivity contribution is 0.120. The van der Waals surface area contributed by atoms with Crippen LogP contribution in [0.4, 0.5) is 4.79 Å². The second-order valence-electron chi connectivity index (χ2n) is 3.41. The normalized spacial score (nSPS) is 10.2. The third-order valence-corrected chi connectivity index (χ3v) is 2.26. The van der Waals surface area contributed by atoms with E-state index in [0.717, 1.165) is 5.39 Å². The number of phenolic OH excluding ortho intramolecular Hbond substituents is 2. The zero-order valence-electron chi connectivity index (χ0n) is 9.01. The highest BCUT2D eigenvalue weighted by molar-refractivity contribution is 5.87. The lowest BCUT2D eigenvalue weighted by Gasteiger charge is -2.07. The van der Waals surface area contributed by atoms with Gasteiger partial charge in [-0.1, -0.05) is 6.07 Å². The number of benzene rings is 2. The first-order valence-corrected chi connectivity index (χ1v) is 4.81. The fourth-order valence-electron chi connectivity index (χ4n) is 1.47. The Labute approximate surface area is 96.8 Å². The number of phenols is 2. The van der Waals surface area contributed by atoms with Crippen LogP contribution in [0.15, 0.2) is 30.3 Å². The molecular weight excluding hydrogens is 224 g/mol. The minimum atomic E-state index is -0.917. The van der Waals surface area contributed by atoms with E-state index in [1.807, 2.05) is 0 Å². The van der Waals surface area contributed by atoms with Crippen LogP contribution in [-0.4, -0.2) is 23.5 Å². The molecule has 17 heavy (non-hydrogen) atoms. The molecule has 5 nitrogen and oxygen atoms in total. The number of ether oxygens (including phenoxy) is 2. The SMILES string of the molecule is COC(=O)Oc1cc2cc(O)ccc2cc1O. The Balaban J connectivity index is 2.49. The van der Waals surface area contributed by atoms with Crippen LogP contribution in [-0.2, 0) is 4.74 Å². The van der Waals surface area contributed by atoms with E-state index >= 15 is 0 Å². The number of fused-ring (bicyclic) bond motifs is 1. The number of aromatic hydroxyl groups is 2. The third kappa shape index (κ3) is 2.23. The van der Waals surface area contributed by atoms with Crippen molar-refractivity contribution in [1.29, 1.82) is 0 Å². The van der Waals surface area contributed by atoms with Gasteiger partial charge in [0.15, 0.2) is 11.5 Å². The van der Waals surface area contributed by atoms with Crippen molar-refractivity contribution in [3.05, 3.63) is 30.3 Å². The molecule has 0 atom stereocenters. The summed E-state index contributed by atoms with van der Waals surface area (Å²) in [5, 5.41) is 20.3. The average Bonchev–Trinajstić information content (AvgIpc) is 2.30. The zero-order chi connectivity index (χ0) is 12.4. The molecule has 0 amide bonds. The van der Waals surface area contributed by atoms with E-state index in [4.69, 9.17) is 4.74 Å². The minimum absolute atomic E-state index is 0.0186. The molecule has 2 rings (SSSR count). The summed E-state index contributed by atoms with van der Waals surface area (Å²) >= 11 is 0. The van der Waals surface area contributed by atoms with Gasteiger partial charge in [0.2, 0.25) is 0 Å². The summed E-state index contributed by atoms with van der Waals surface area (Å²) < 4.78 is 9.07. The van der Waals surface area contributed by atoms with Crippen LogP contribution < -0.4 is 4.74 Å². The van der Waals surface area contributed by atoms with Crippen LogP contribution in [0.2, 0.25) is 0 Å². The average molecular weight is 234 g/mol. The molecule has 88 valence electrons. The highest BCUT2D eigenvalue weighted by Gasteiger charge is 2.10. The van der Waals surface area contributed by atoms with E-state index < -0.39 is 6.16 Å². The fourth-order valence-corrected chi connectivity index (χ4v) is 1.47. The third-order valence-electron chi connectivity index (χ3n) is 2.26. The van der Waals surface area contributed by atoms with Gasteiger partial charge in [-0.3, -0.25) is 0 Å². The van der Waals surface area contributed by atoms with Crippen molar-refractivity contribution < 1.29 is 24.5 Å². The zero-order valence-corrected chi connectivity index (χ0v) is 9.01. The Kier molecular flexibility index (Phi) is 2.74. The molecule has 0 aliphatic rings. The number of hydrogen-bond donors (Lipinski definition) is 2. The summed E-state index contributed by atoms with van der Waals surface area (Å²) in [6.07, 6.45) is -0.917. The van der Waals surface area contributed by atoms with Gasteiger partial charge in [-0.15, -0.1) is 0 Å². The summed E-state index contributed by atoms with van der Waals surface area (Å²) in [4.78, 5) is 10.9. The van der Waals surface area contributed by atoms with E-state index in [1.165, 1.54) is 31.4 Å². The molecule has 0 saturated carbocycles. The Hall–Kier alpha value is -2.43. The van der Waals surface area contributed by atoms with Gasteiger partial charge in [-0.25, -0.2) is 4.79 Å². The van der Waals surface area contributed by atoms with Crippen LogP contribution in [0.1, 0.15) is 0 Å². The first kappa shape index (κ1) is 11.1. The largest absolute Gasteiger partial charge is 0.513 e. The highest BCUT2D eigenvalue weighted by atomic mass is 16.7. The molecule has 2 N–H and O–H groups in total. The lowest BCUT2D eigenvalue weighted by Crippen LogP contribution is -2.07.